The minimum atomic E-state index is -1.08. The van der Waals surface area contributed by atoms with Gasteiger partial charge in [0.25, 0.3) is 0 Å². The molecule has 0 aliphatic rings. The van der Waals surface area contributed by atoms with Crippen molar-refractivity contribution in [1.82, 2.24) is 0 Å². The first-order valence-corrected chi connectivity index (χ1v) is 4.73. The van der Waals surface area contributed by atoms with E-state index in [0.717, 1.165) is 0 Å². The third-order valence-corrected chi connectivity index (χ3v) is 2.06. The van der Waals surface area contributed by atoms with Crippen LogP contribution in [0, 0.1) is 0 Å². The first-order valence-electron chi connectivity index (χ1n) is 4.73. The first-order chi connectivity index (χ1) is 7.00. The Labute approximate surface area is 87.9 Å². The third kappa shape index (κ3) is 3.28. The van der Waals surface area contributed by atoms with Crippen molar-refractivity contribution in [2.75, 3.05) is 18.5 Å². The average Bonchev–Trinajstić information content (AvgIpc) is 2.62. The van der Waals surface area contributed by atoms with Crippen LogP contribution in [0.15, 0.2) is 16.5 Å². The van der Waals surface area contributed by atoms with Gasteiger partial charge in [0.1, 0.15) is 0 Å². The molecule has 15 heavy (non-hydrogen) atoms. The highest BCUT2D eigenvalue weighted by Gasteiger charge is 2.11. The summed E-state index contributed by atoms with van der Waals surface area (Å²) in [5.74, 6) is -0.660. The number of aromatic carboxylic acids is 1. The van der Waals surface area contributed by atoms with Crippen LogP contribution in [0.2, 0.25) is 0 Å². The molecule has 1 heterocycles. The van der Waals surface area contributed by atoms with Gasteiger partial charge in [-0.25, -0.2) is 4.79 Å². The summed E-state index contributed by atoms with van der Waals surface area (Å²) in [5, 5.41) is 17.7. The Balaban J connectivity index is 2.58. The quantitative estimate of drug-likeness (QED) is 0.768. The topological polar surface area (TPSA) is 73.9 Å². The van der Waals surface area contributed by atoms with E-state index in [1.165, 1.54) is 6.07 Å². The normalized spacial score (nSPS) is 12.5. The van der Waals surface area contributed by atoms with Crippen molar-refractivity contribution in [2.45, 2.75) is 19.4 Å². The summed E-state index contributed by atoms with van der Waals surface area (Å²) < 4.78 is 5.08. The van der Waals surface area contributed by atoms with Gasteiger partial charge in [-0.1, -0.05) is 0 Å². The van der Waals surface area contributed by atoms with Crippen LogP contribution >= 0.6 is 0 Å². The van der Waals surface area contributed by atoms with E-state index in [0.29, 0.717) is 18.8 Å². The molecule has 1 unspecified atom stereocenters. The van der Waals surface area contributed by atoms with Crippen molar-refractivity contribution < 1.29 is 19.4 Å². The Morgan fingerprint density at radius 3 is 2.73 bits per heavy atom. The number of furan rings is 1. The van der Waals surface area contributed by atoms with Crippen molar-refractivity contribution in [3.63, 3.8) is 0 Å². The van der Waals surface area contributed by atoms with Crippen LogP contribution in [0.4, 0.5) is 5.88 Å². The monoisotopic (exact) mass is 213 g/mol. The van der Waals surface area contributed by atoms with Gasteiger partial charge in [0, 0.05) is 19.7 Å². The molecular weight excluding hydrogens is 198 g/mol. The van der Waals surface area contributed by atoms with Crippen molar-refractivity contribution in [3.05, 3.63) is 17.9 Å². The van der Waals surface area contributed by atoms with E-state index in [9.17, 15) is 4.79 Å². The molecule has 1 aromatic heterocycles. The zero-order valence-corrected chi connectivity index (χ0v) is 8.80. The lowest BCUT2D eigenvalue weighted by Gasteiger charge is -2.16. The summed E-state index contributed by atoms with van der Waals surface area (Å²) in [6.45, 7) is 2.32. The van der Waals surface area contributed by atoms with Gasteiger partial charge in [-0.3, -0.25) is 0 Å². The maximum Gasteiger partial charge on any atom is 0.371 e. The summed E-state index contributed by atoms with van der Waals surface area (Å²) in [7, 11) is 1.78. The Bertz CT molecular complexity index is 332. The highest BCUT2D eigenvalue weighted by atomic mass is 16.4. The van der Waals surface area contributed by atoms with Crippen molar-refractivity contribution in [2.24, 2.45) is 0 Å². The molecule has 1 atom stereocenters. The summed E-state index contributed by atoms with van der Waals surface area (Å²) in [4.78, 5) is 12.3. The van der Waals surface area contributed by atoms with Crippen molar-refractivity contribution in [1.29, 1.82) is 0 Å². The summed E-state index contributed by atoms with van der Waals surface area (Å²) in [6.07, 6.45) is 0.237. The number of carboxylic acid groups (broad SMARTS) is 1. The van der Waals surface area contributed by atoms with Gasteiger partial charge in [0.2, 0.25) is 5.76 Å². The molecule has 1 rings (SSSR count). The minimum Gasteiger partial charge on any atom is -0.475 e. The Morgan fingerprint density at radius 1 is 1.60 bits per heavy atom. The number of carbonyl (C=O) groups is 1. The van der Waals surface area contributed by atoms with Crippen LogP contribution in [0.1, 0.15) is 23.9 Å². The van der Waals surface area contributed by atoms with Crippen molar-refractivity contribution in [3.8, 4) is 0 Å². The molecule has 0 fully saturated rings. The molecule has 1 aromatic rings. The molecule has 0 amide bonds. The number of anilines is 1. The van der Waals surface area contributed by atoms with Crippen molar-refractivity contribution >= 4 is 11.9 Å². The van der Waals surface area contributed by atoms with Gasteiger partial charge in [0.05, 0.1) is 6.10 Å². The maximum atomic E-state index is 10.6. The molecule has 0 saturated carbocycles. The average molecular weight is 213 g/mol. The molecule has 5 nitrogen and oxygen atoms in total. The smallest absolute Gasteiger partial charge is 0.371 e. The molecule has 0 saturated heterocycles. The third-order valence-electron chi connectivity index (χ3n) is 2.06. The van der Waals surface area contributed by atoms with E-state index < -0.39 is 5.97 Å². The standard InChI is InChI=1S/C10H15NO4/c1-7(12)5-6-11(2)9-4-3-8(15-9)10(13)14/h3-4,7,12H,5-6H2,1-2H3,(H,13,14). The second kappa shape index (κ2) is 4.84. The molecule has 84 valence electrons. The molecule has 0 bridgehead atoms. The predicted molar refractivity (Wildman–Crippen MR) is 55.2 cm³/mol. The van der Waals surface area contributed by atoms with Gasteiger partial charge in [-0.2, -0.15) is 0 Å². The largest absolute Gasteiger partial charge is 0.475 e. The SMILES string of the molecule is CC(O)CCN(C)c1ccc(C(=O)O)o1. The fourth-order valence-electron chi connectivity index (χ4n) is 1.14. The van der Waals surface area contributed by atoms with E-state index in [4.69, 9.17) is 14.6 Å². The second-order valence-corrected chi connectivity index (χ2v) is 3.50. The fourth-order valence-corrected chi connectivity index (χ4v) is 1.14. The number of hydrogen-bond donors (Lipinski definition) is 2. The zero-order valence-electron chi connectivity index (χ0n) is 8.80. The van der Waals surface area contributed by atoms with E-state index in [1.54, 1.807) is 24.9 Å². The lowest BCUT2D eigenvalue weighted by atomic mass is 10.3. The molecular formula is C10H15NO4. The molecule has 0 spiro atoms. The number of nitrogens with zero attached hydrogens (tertiary/aromatic N) is 1. The van der Waals surface area contributed by atoms with Gasteiger partial charge < -0.3 is 19.5 Å². The van der Waals surface area contributed by atoms with Crippen LogP contribution in [-0.2, 0) is 0 Å². The molecule has 2 N–H and O–H groups in total. The van der Waals surface area contributed by atoms with Crippen LogP contribution in [0.5, 0.6) is 0 Å². The molecule has 0 aliphatic heterocycles. The summed E-state index contributed by atoms with van der Waals surface area (Å²) in [5.41, 5.74) is 0. The number of aliphatic hydroxyl groups is 1. The Kier molecular flexibility index (Phi) is 3.74. The maximum absolute atomic E-state index is 10.6. The lowest BCUT2D eigenvalue weighted by molar-refractivity contribution is 0.0663. The molecule has 5 heteroatoms. The van der Waals surface area contributed by atoms with Gasteiger partial charge in [-0.05, 0) is 19.4 Å². The number of hydrogen-bond acceptors (Lipinski definition) is 4. The number of carboxylic acids is 1. The van der Waals surface area contributed by atoms with E-state index in [-0.39, 0.29) is 11.9 Å². The van der Waals surface area contributed by atoms with Gasteiger partial charge in [-0.15, -0.1) is 0 Å². The van der Waals surface area contributed by atoms with Gasteiger partial charge >= 0.3 is 5.97 Å². The summed E-state index contributed by atoms with van der Waals surface area (Å²) >= 11 is 0. The van der Waals surface area contributed by atoms with Crippen LogP contribution < -0.4 is 4.90 Å². The second-order valence-electron chi connectivity index (χ2n) is 3.50. The van der Waals surface area contributed by atoms with E-state index in [1.807, 2.05) is 0 Å². The van der Waals surface area contributed by atoms with Crippen LogP contribution in [-0.4, -0.2) is 35.9 Å². The number of aliphatic hydroxyl groups excluding tert-OH is 1. The lowest BCUT2D eigenvalue weighted by Crippen LogP contribution is -2.21. The van der Waals surface area contributed by atoms with Gasteiger partial charge in [0.15, 0.2) is 5.88 Å². The first kappa shape index (κ1) is 11.6. The van der Waals surface area contributed by atoms with E-state index in [2.05, 4.69) is 0 Å². The minimum absolute atomic E-state index is 0.0751. The highest BCUT2D eigenvalue weighted by Crippen LogP contribution is 2.17. The zero-order chi connectivity index (χ0) is 11.4. The number of rotatable bonds is 5. The van der Waals surface area contributed by atoms with Crippen LogP contribution in [0.3, 0.4) is 0 Å². The Morgan fingerprint density at radius 2 is 2.27 bits per heavy atom. The fraction of sp³-hybridized carbons (Fsp3) is 0.500. The Hall–Kier alpha value is -1.49. The molecule has 0 aliphatic carbocycles. The highest BCUT2D eigenvalue weighted by molar-refractivity contribution is 5.84. The molecule has 0 aromatic carbocycles. The predicted octanol–water partition coefficient (Wildman–Crippen LogP) is 1.18. The summed E-state index contributed by atoms with van der Waals surface area (Å²) in [6, 6.07) is 3.02. The van der Waals surface area contributed by atoms with Crippen LogP contribution in [0.25, 0.3) is 0 Å². The van der Waals surface area contributed by atoms with E-state index >= 15 is 0 Å². The molecule has 0 radical (unpaired) electrons.